The van der Waals surface area contributed by atoms with Crippen molar-refractivity contribution in [2.75, 3.05) is 11.4 Å². The maximum Gasteiger partial charge on any atom is 0.433 e. The van der Waals surface area contributed by atoms with Gasteiger partial charge in [-0.2, -0.15) is 13.2 Å². The molecule has 1 aromatic rings. The molecule has 0 radical (unpaired) electrons. The van der Waals surface area contributed by atoms with Gasteiger partial charge in [-0.3, -0.25) is 0 Å². The van der Waals surface area contributed by atoms with Gasteiger partial charge in [0, 0.05) is 24.7 Å². The molecule has 1 aliphatic carbocycles. The van der Waals surface area contributed by atoms with Crippen molar-refractivity contribution in [1.29, 1.82) is 0 Å². The zero-order valence-electron chi connectivity index (χ0n) is 11.6. The standard InChI is InChI=1S/C14H20F3N3/c1-2-3-8-20(11-5-6-11)13-10(9-18)4-7-12(19-13)14(15,16)17/h4,7,11H,2-3,5-6,8-9,18H2,1H3. The smallest absolute Gasteiger partial charge is 0.353 e. The summed E-state index contributed by atoms with van der Waals surface area (Å²) in [6, 6.07) is 2.78. The summed E-state index contributed by atoms with van der Waals surface area (Å²) in [7, 11) is 0. The van der Waals surface area contributed by atoms with Gasteiger partial charge in [0.05, 0.1) is 0 Å². The minimum Gasteiger partial charge on any atom is -0.353 e. The van der Waals surface area contributed by atoms with Crippen LogP contribution in [0.3, 0.4) is 0 Å². The first-order chi connectivity index (χ1) is 9.47. The number of nitrogens with two attached hydrogens (primary N) is 1. The SMILES string of the molecule is CCCCN(c1nc(C(F)(F)F)ccc1CN)C1CC1. The summed E-state index contributed by atoms with van der Waals surface area (Å²) >= 11 is 0. The Balaban J connectivity index is 2.34. The summed E-state index contributed by atoms with van der Waals surface area (Å²) in [6.07, 6.45) is -0.433. The number of aromatic nitrogens is 1. The lowest BCUT2D eigenvalue weighted by Crippen LogP contribution is -2.30. The van der Waals surface area contributed by atoms with Crippen LogP contribution >= 0.6 is 0 Å². The van der Waals surface area contributed by atoms with E-state index in [0.717, 1.165) is 38.3 Å². The van der Waals surface area contributed by atoms with E-state index < -0.39 is 11.9 Å². The lowest BCUT2D eigenvalue weighted by atomic mass is 10.2. The second kappa shape index (κ2) is 5.99. The Kier molecular flexibility index (Phi) is 4.52. The molecular weight excluding hydrogens is 267 g/mol. The largest absolute Gasteiger partial charge is 0.433 e. The number of hydrogen-bond acceptors (Lipinski definition) is 3. The molecular formula is C14H20F3N3. The summed E-state index contributed by atoms with van der Waals surface area (Å²) in [5, 5.41) is 0. The van der Waals surface area contributed by atoms with Crippen LogP contribution in [0.4, 0.5) is 19.0 Å². The van der Waals surface area contributed by atoms with E-state index in [-0.39, 0.29) is 6.54 Å². The van der Waals surface area contributed by atoms with Crippen LogP contribution in [0.25, 0.3) is 0 Å². The number of rotatable bonds is 6. The lowest BCUT2D eigenvalue weighted by Gasteiger charge is -2.26. The average Bonchev–Trinajstić information content (AvgIpc) is 3.22. The topological polar surface area (TPSA) is 42.2 Å². The highest BCUT2D eigenvalue weighted by Gasteiger charge is 2.35. The van der Waals surface area contributed by atoms with Gasteiger partial charge in [-0.1, -0.05) is 19.4 Å². The molecule has 20 heavy (non-hydrogen) atoms. The predicted octanol–water partition coefficient (Wildman–Crippen LogP) is 3.33. The maximum absolute atomic E-state index is 12.8. The first kappa shape index (κ1) is 15.1. The Bertz CT molecular complexity index is 455. The molecule has 0 aromatic carbocycles. The minimum absolute atomic E-state index is 0.204. The van der Waals surface area contributed by atoms with Gasteiger partial charge in [-0.15, -0.1) is 0 Å². The third-order valence-corrected chi connectivity index (χ3v) is 3.48. The van der Waals surface area contributed by atoms with Crippen molar-refractivity contribution < 1.29 is 13.2 Å². The average molecular weight is 287 g/mol. The van der Waals surface area contributed by atoms with Crippen LogP contribution in [-0.4, -0.2) is 17.6 Å². The Morgan fingerprint density at radius 2 is 2.05 bits per heavy atom. The molecule has 0 amide bonds. The van der Waals surface area contributed by atoms with Crippen LogP contribution in [0.15, 0.2) is 12.1 Å². The molecule has 2 N–H and O–H groups in total. The van der Waals surface area contributed by atoms with E-state index >= 15 is 0 Å². The number of unbranched alkanes of at least 4 members (excludes halogenated alkanes) is 1. The van der Waals surface area contributed by atoms with Gasteiger partial charge in [-0.25, -0.2) is 4.98 Å². The van der Waals surface area contributed by atoms with Crippen molar-refractivity contribution in [3.8, 4) is 0 Å². The van der Waals surface area contributed by atoms with Crippen molar-refractivity contribution in [2.45, 2.75) is 51.4 Å². The Labute approximate surface area is 117 Å². The molecule has 112 valence electrons. The molecule has 1 fully saturated rings. The van der Waals surface area contributed by atoms with E-state index in [1.165, 1.54) is 6.07 Å². The Morgan fingerprint density at radius 3 is 2.55 bits per heavy atom. The van der Waals surface area contributed by atoms with Gasteiger partial charge in [0.25, 0.3) is 0 Å². The number of nitrogens with zero attached hydrogens (tertiary/aromatic N) is 2. The number of halogens is 3. The minimum atomic E-state index is -4.41. The van der Waals surface area contributed by atoms with Crippen molar-refractivity contribution in [1.82, 2.24) is 4.98 Å². The molecule has 0 saturated heterocycles. The molecule has 1 saturated carbocycles. The second-order valence-electron chi connectivity index (χ2n) is 5.16. The van der Waals surface area contributed by atoms with Crippen LogP contribution in [0.2, 0.25) is 0 Å². The van der Waals surface area contributed by atoms with Crippen molar-refractivity contribution in [3.63, 3.8) is 0 Å². The fraction of sp³-hybridized carbons (Fsp3) is 0.643. The molecule has 3 nitrogen and oxygen atoms in total. The van der Waals surface area contributed by atoms with Crippen LogP contribution in [0.1, 0.15) is 43.9 Å². The predicted molar refractivity (Wildman–Crippen MR) is 72.4 cm³/mol. The molecule has 2 rings (SSSR count). The highest BCUT2D eigenvalue weighted by molar-refractivity contribution is 5.50. The van der Waals surface area contributed by atoms with Gasteiger partial charge in [0.15, 0.2) is 0 Å². The van der Waals surface area contributed by atoms with E-state index in [2.05, 4.69) is 11.9 Å². The number of hydrogen-bond donors (Lipinski definition) is 1. The summed E-state index contributed by atoms with van der Waals surface area (Å²) < 4.78 is 38.5. The fourth-order valence-electron chi connectivity index (χ4n) is 2.22. The molecule has 6 heteroatoms. The second-order valence-corrected chi connectivity index (χ2v) is 5.16. The molecule has 0 bridgehead atoms. The van der Waals surface area contributed by atoms with Gasteiger partial charge >= 0.3 is 6.18 Å². The third kappa shape index (κ3) is 3.42. The van der Waals surface area contributed by atoms with Gasteiger partial charge < -0.3 is 10.6 Å². The highest BCUT2D eigenvalue weighted by atomic mass is 19.4. The Hall–Kier alpha value is -1.30. The summed E-state index contributed by atoms with van der Waals surface area (Å²) in [5.74, 6) is 0.415. The summed E-state index contributed by atoms with van der Waals surface area (Å²) in [5.41, 5.74) is 5.49. The molecule has 1 aromatic heterocycles. The van der Waals surface area contributed by atoms with E-state index in [0.29, 0.717) is 17.4 Å². The first-order valence-corrected chi connectivity index (χ1v) is 7.01. The van der Waals surface area contributed by atoms with Gasteiger partial charge in [0.2, 0.25) is 0 Å². The van der Waals surface area contributed by atoms with Crippen LogP contribution in [-0.2, 0) is 12.7 Å². The van der Waals surface area contributed by atoms with E-state index in [1.54, 1.807) is 0 Å². The first-order valence-electron chi connectivity index (χ1n) is 7.01. The molecule has 1 heterocycles. The number of pyridine rings is 1. The van der Waals surface area contributed by atoms with Gasteiger partial charge in [0.1, 0.15) is 11.5 Å². The molecule has 1 aliphatic rings. The lowest BCUT2D eigenvalue weighted by molar-refractivity contribution is -0.141. The molecule has 0 atom stereocenters. The quantitative estimate of drug-likeness (QED) is 0.872. The monoisotopic (exact) mass is 287 g/mol. The zero-order valence-corrected chi connectivity index (χ0v) is 11.6. The third-order valence-electron chi connectivity index (χ3n) is 3.48. The van der Waals surface area contributed by atoms with E-state index in [9.17, 15) is 13.2 Å². The highest BCUT2D eigenvalue weighted by Crippen LogP contribution is 2.35. The fourth-order valence-corrected chi connectivity index (χ4v) is 2.22. The maximum atomic E-state index is 12.8. The number of anilines is 1. The summed E-state index contributed by atoms with van der Waals surface area (Å²) in [6.45, 7) is 3.01. The summed E-state index contributed by atoms with van der Waals surface area (Å²) in [4.78, 5) is 5.85. The van der Waals surface area contributed by atoms with Crippen molar-refractivity contribution in [3.05, 3.63) is 23.4 Å². The molecule has 0 unspecified atom stereocenters. The van der Waals surface area contributed by atoms with Crippen LogP contribution in [0, 0.1) is 0 Å². The Morgan fingerprint density at radius 1 is 1.35 bits per heavy atom. The van der Waals surface area contributed by atoms with E-state index in [4.69, 9.17) is 5.73 Å². The van der Waals surface area contributed by atoms with Gasteiger partial charge in [-0.05, 0) is 25.3 Å². The van der Waals surface area contributed by atoms with E-state index in [1.807, 2.05) is 4.90 Å². The van der Waals surface area contributed by atoms with Crippen LogP contribution in [0.5, 0.6) is 0 Å². The van der Waals surface area contributed by atoms with Crippen LogP contribution < -0.4 is 10.6 Å². The van der Waals surface area contributed by atoms with Crippen molar-refractivity contribution in [2.24, 2.45) is 5.73 Å². The number of alkyl halides is 3. The zero-order chi connectivity index (χ0) is 14.8. The molecule has 0 aliphatic heterocycles. The van der Waals surface area contributed by atoms with Crippen molar-refractivity contribution >= 4 is 5.82 Å². The molecule has 0 spiro atoms. The normalized spacial score (nSPS) is 15.4.